The molecule has 0 aromatic heterocycles. The van der Waals surface area contributed by atoms with Gasteiger partial charge in [-0.25, -0.2) is 4.79 Å². The smallest absolute Gasteiger partial charge is 0.235 e. The summed E-state index contributed by atoms with van der Waals surface area (Å²) in [5, 5.41) is 0. The fourth-order valence-electron chi connectivity index (χ4n) is 2.82. The molecule has 1 heterocycles. The predicted molar refractivity (Wildman–Crippen MR) is 74.6 cm³/mol. The first-order chi connectivity index (χ1) is 8.77. The van der Waals surface area contributed by atoms with Crippen LogP contribution in [-0.2, 0) is 10.3 Å². The quantitative estimate of drug-likeness (QED) is 0.633. The van der Waals surface area contributed by atoms with E-state index in [9.17, 15) is 4.79 Å². The van der Waals surface area contributed by atoms with Crippen molar-refractivity contribution in [3.63, 3.8) is 0 Å². The summed E-state index contributed by atoms with van der Waals surface area (Å²) < 4.78 is 1.06. The summed E-state index contributed by atoms with van der Waals surface area (Å²) in [5.74, 6) is 0. The number of hydrogen-bond acceptors (Lipinski definition) is 3. The number of anilines is 1. The highest BCUT2D eigenvalue weighted by atomic mass is 79.9. The van der Waals surface area contributed by atoms with E-state index in [1.54, 1.807) is 6.08 Å². The summed E-state index contributed by atoms with van der Waals surface area (Å²) in [6, 6.07) is 6.24. The molecule has 1 saturated carbocycles. The van der Waals surface area contributed by atoms with Crippen molar-refractivity contribution in [3.8, 4) is 0 Å². The van der Waals surface area contributed by atoms with Gasteiger partial charge in [-0.05, 0) is 37.8 Å². The van der Waals surface area contributed by atoms with Gasteiger partial charge in [0, 0.05) is 28.8 Å². The Hall–Kier alpha value is -1.12. The molecule has 0 spiro atoms. The van der Waals surface area contributed by atoms with Gasteiger partial charge in [0.05, 0.1) is 0 Å². The molecular formula is C14H15BrN2O. The topological polar surface area (TPSA) is 32.7 Å². The molecule has 0 N–H and O–H groups in total. The minimum absolute atomic E-state index is 0.306. The summed E-state index contributed by atoms with van der Waals surface area (Å²) in [6.07, 6.45) is 6.14. The first kappa shape index (κ1) is 11.9. The van der Waals surface area contributed by atoms with Crippen LogP contribution in [0.15, 0.2) is 27.7 Å². The van der Waals surface area contributed by atoms with Gasteiger partial charge in [-0.2, -0.15) is 4.99 Å². The molecule has 1 aromatic rings. The van der Waals surface area contributed by atoms with E-state index in [1.807, 2.05) is 6.07 Å². The number of aliphatic imine (C=N–C) groups is 1. The van der Waals surface area contributed by atoms with Crippen LogP contribution >= 0.6 is 15.9 Å². The Morgan fingerprint density at radius 3 is 2.61 bits per heavy atom. The fourth-order valence-corrected chi connectivity index (χ4v) is 3.54. The normalized spacial score (nSPS) is 20.6. The van der Waals surface area contributed by atoms with Crippen LogP contribution in [0.4, 0.5) is 5.69 Å². The molecule has 18 heavy (non-hydrogen) atoms. The highest BCUT2D eigenvalue weighted by molar-refractivity contribution is 9.10. The number of halogens is 1. The summed E-state index contributed by atoms with van der Waals surface area (Å²) in [5.41, 5.74) is 2.10. The van der Waals surface area contributed by atoms with Crippen molar-refractivity contribution >= 4 is 27.7 Å². The van der Waals surface area contributed by atoms with Crippen molar-refractivity contribution in [2.75, 3.05) is 18.0 Å². The van der Waals surface area contributed by atoms with Gasteiger partial charge in [0.25, 0.3) is 0 Å². The second kappa shape index (κ2) is 4.52. The van der Waals surface area contributed by atoms with Crippen molar-refractivity contribution in [2.45, 2.75) is 31.2 Å². The summed E-state index contributed by atoms with van der Waals surface area (Å²) in [4.78, 5) is 17.1. The van der Waals surface area contributed by atoms with Gasteiger partial charge in [-0.1, -0.05) is 22.0 Å². The zero-order chi connectivity index (χ0) is 12.6. The van der Waals surface area contributed by atoms with Crippen LogP contribution in [0.5, 0.6) is 0 Å². The van der Waals surface area contributed by atoms with Gasteiger partial charge < -0.3 is 4.90 Å². The second-order valence-corrected chi connectivity index (χ2v) is 5.92. The Bertz CT molecular complexity index is 513. The third kappa shape index (κ3) is 1.90. The molecule has 3 nitrogen and oxygen atoms in total. The minimum atomic E-state index is -0.306. The Morgan fingerprint density at radius 1 is 1.28 bits per heavy atom. The first-order valence-corrected chi connectivity index (χ1v) is 7.19. The lowest BCUT2D eigenvalue weighted by Gasteiger charge is -2.24. The highest BCUT2D eigenvalue weighted by Crippen LogP contribution is 2.54. The van der Waals surface area contributed by atoms with Crippen molar-refractivity contribution in [1.29, 1.82) is 0 Å². The molecule has 2 fully saturated rings. The summed E-state index contributed by atoms with van der Waals surface area (Å²) >= 11 is 3.62. The third-order valence-corrected chi connectivity index (χ3v) is 4.55. The van der Waals surface area contributed by atoms with Crippen molar-refractivity contribution in [2.24, 2.45) is 4.99 Å². The second-order valence-electron chi connectivity index (χ2n) is 5.06. The molecule has 1 saturated heterocycles. The van der Waals surface area contributed by atoms with Gasteiger partial charge in [-0.15, -0.1) is 0 Å². The van der Waals surface area contributed by atoms with Gasteiger partial charge in [0.1, 0.15) is 5.54 Å². The third-order valence-electron chi connectivity index (χ3n) is 3.89. The number of rotatable bonds is 3. The molecule has 2 aliphatic rings. The maximum atomic E-state index is 10.7. The molecule has 0 bridgehead atoms. The fraction of sp³-hybridized carbons (Fsp3) is 0.500. The monoisotopic (exact) mass is 306 g/mol. The Balaban J connectivity index is 2.09. The Kier molecular flexibility index (Phi) is 3.00. The lowest BCUT2D eigenvalue weighted by atomic mass is 10.0. The molecule has 0 radical (unpaired) electrons. The van der Waals surface area contributed by atoms with Crippen molar-refractivity contribution in [3.05, 3.63) is 28.2 Å². The highest BCUT2D eigenvalue weighted by Gasteiger charge is 2.48. The van der Waals surface area contributed by atoms with Crippen LogP contribution in [-0.4, -0.2) is 19.2 Å². The molecule has 0 atom stereocenters. The van der Waals surface area contributed by atoms with E-state index in [1.165, 1.54) is 24.1 Å². The maximum absolute atomic E-state index is 10.7. The van der Waals surface area contributed by atoms with E-state index in [0.29, 0.717) is 0 Å². The standard InChI is InChI=1S/C14H15BrN2O/c15-11-4-3-5-12(17-8-1-2-9-17)13(11)14(6-7-14)16-10-18/h3-5H,1-2,6-9H2. The van der Waals surface area contributed by atoms with Crippen LogP contribution in [0, 0.1) is 0 Å². The van der Waals surface area contributed by atoms with Gasteiger partial charge in [0.2, 0.25) is 6.08 Å². The van der Waals surface area contributed by atoms with Crippen molar-refractivity contribution < 1.29 is 4.79 Å². The van der Waals surface area contributed by atoms with Crippen molar-refractivity contribution in [1.82, 2.24) is 0 Å². The van der Waals surface area contributed by atoms with E-state index in [0.717, 1.165) is 30.4 Å². The van der Waals surface area contributed by atoms with Crippen LogP contribution in [0.3, 0.4) is 0 Å². The van der Waals surface area contributed by atoms with E-state index in [-0.39, 0.29) is 5.54 Å². The molecule has 0 unspecified atom stereocenters. The Morgan fingerprint density at radius 2 is 2.00 bits per heavy atom. The minimum Gasteiger partial charge on any atom is -0.371 e. The first-order valence-electron chi connectivity index (χ1n) is 6.40. The molecule has 1 aliphatic heterocycles. The van der Waals surface area contributed by atoms with Crippen LogP contribution < -0.4 is 4.90 Å². The lowest BCUT2D eigenvalue weighted by molar-refractivity contribution is 0.556. The van der Waals surface area contributed by atoms with Gasteiger partial charge in [0.15, 0.2) is 0 Å². The number of nitrogens with zero attached hydrogens (tertiary/aromatic N) is 2. The van der Waals surface area contributed by atoms with E-state index in [4.69, 9.17) is 0 Å². The SMILES string of the molecule is O=C=NC1(c2c(Br)cccc2N2CCCC2)CC1. The van der Waals surface area contributed by atoms with Crippen LogP contribution in [0.25, 0.3) is 0 Å². The Labute approximate surface area is 115 Å². The zero-order valence-corrected chi connectivity index (χ0v) is 11.7. The molecule has 3 rings (SSSR count). The van der Waals surface area contributed by atoms with E-state index < -0.39 is 0 Å². The number of carbonyl (C=O) groups excluding carboxylic acids is 1. The van der Waals surface area contributed by atoms with Gasteiger partial charge in [-0.3, -0.25) is 0 Å². The van der Waals surface area contributed by atoms with Gasteiger partial charge >= 0.3 is 0 Å². The molecular weight excluding hydrogens is 292 g/mol. The molecule has 4 heteroatoms. The number of isocyanates is 1. The lowest BCUT2D eigenvalue weighted by Crippen LogP contribution is -2.21. The summed E-state index contributed by atoms with van der Waals surface area (Å²) in [6.45, 7) is 2.20. The van der Waals surface area contributed by atoms with E-state index >= 15 is 0 Å². The maximum Gasteiger partial charge on any atom is 0.235 e. The predicted octanol–water partition coefficient (Wildman–Crippen LogP) is 3.37. The molecule has 1 aliphatic carbocycles. The number of hydrogen-bond donors (Lipinski definition) is 0. The van der Waals surface area contributed by atoms with E-state index in [2.05, 4.69) is 38.0 Å². The molecule has 94 valence electrons. The van der Waals surface area contributed by atoms with Crippen LogP contribution in [0.1, 0.15) is 31.2 Å². The largest absolute Gasteiger partial charge is 0.371 e. The van der Waals surface area contributed by atoms with Crippen LogP contribution in [0.2, 0.25) is 0 Å². The average molecular weight is 307 g/mol. The molecule has 1 aromatic carbocycles. The average Bonchev–Trinajstić information content (AvgIpc) is 2.93. The number of benzene rings is 1. The molecule has 0 amide bonds. The summed E-state index contributed by atoms with van der Waals surface area (Å²) in [7, 11) is 0. The zero-order valence-electron chi connectivity index (χ0n) is 10.2.